The van der Waals surface area contributed by atoms with Crippen LogP contribution < -0.4 is 4.74 Å². The Bertz CT molecular complexity index is 690. The number of carboxylic acid groups (broad SMARTS) is 1. The summed E-state index contributed by atoms with van der Waals surface area (Å²) in [6.45, 7) is 5.51. The number of carbonyl (C=O) groups is 1. The van der Waals surface area contributed by atoms with E-state index in [9.17, 15) is 28.2 Å². The lowest BCUT2D eigenvalue weighted by Gasteiger charge is -2.43. The summed E-state index contributed by atoms with van der Waals surface area (Å²) < 4.78 is 40.7. The minimum absolute atomic E-state index is 0.0594. The van der Waals surface area contributed by atoms with Crippen LogP contribution in [0.3, 0.4) is 0 Å². The van der Waals surface area contributed by atoms with Gasteiger partial charge in [-0.3, -0.25) is 0 Å². The second-order valence-corrected chi connectivity index (χ2v) is 7.31. The molecule has 0 fully saturated rings. The Morgan fingerprint density at radius 3 is 2.23 bits per heavy atom. The van der Waals surface area contributed by atoms with Crippen molar-refractivity contribution in [3.8, 4) is 5.75 Å². The van der Waals surface area contributed by atoms with Crippen LogP contribution in [0.2, 0.25) is 0 Å². The van der Waals surface area contributed by atoms with Gasteiger partial charge >= 0.3 is 12.5 Å². The molecule has 0 aliphatic carbocycles. The fourth-order valence-corrected chi connectivity index (χ4v) is 3.16. The number of aliphatic hydroxyl groups is 1. The lowest BCUT2D eigenvalue weighted by Crippen LogP contribution is -2.50. The minimum atomic E-state index is -4.76. The third-order valence-electron chi connectivity index (χ3n) is 4.43. The van der Waals surface area contributed by atoms with Crippen molar-refractivity contribution in [2.75, 3.05) is 13.2 Å². The van der Waals surface area contributed by atoms with Gasteiger partial charge in [-0.2, -0.15) is 0 Å². The number of alkyl halides is 3. The van der Waals surface area contributed by atoms with E-state index in [4.69, 9.17) is 0 Å². The Balaban J connectivity index is 2.38. The molecule has 1 unspecified atom stereocenters. The molecule has 1 amide bonds. The summed E-state index contributed by atoms with van der Waals surface area (Å²) in [5.41, 5.74) is 1.59. The van der Waals surface area contributed by atoms with Gasteiger partial charge in [-0.25, -0.2) is 4.79 Å². The Kier molecular flexibility index (Phi) is 5.55. The number of rotatable bonds is 3. The largest absolute Gasteiger partial charge is 0.573 e. The summed E-state index contributed by atoms with van der Waals surface area (Å²) in [7, 11) is 0. The lowest BCUT2D eigenvalue weighted by molar-refractivity contribution is -0.274. The summed E-state index contributed by atoms with van der Waals surface area (Å²) in [5.74, 6) is -0.331. The normalized spacial score (nSPS) is 18.9. The number of amides is 1. The fraction of sp³-hybridized carbons (Fsp3) is 0.500. The molecular weight excluding hydrogens is 351 g/mol. The maximum Gasteiger partial charge on any atom is 0.573 e. The third kappa shape index (κ3) is 4.69. The van der Waals surface area contributed by atoms with Gasteiger partial charge in [-0.15, -0.1) is 13.2 Å². The number of hydrogen-bond donors (Lipinski definition) is 2. The molecule has 26 heavy (non-hydrogen) atoms. The van der Waals surface area contributed by atoms with Gasteiger partial charge in [0.05, 0.1) is 6.61 Å². The molecule has 0 bridgehead atoms. The number of benzene rings is 1. The number of ether oxygens (including phenoxy) is 1. The summed E-state index contributed by atoms with van der Waals surface area (Å²) in [5, 5.41) is 19.2. The molecule has 0 saturated heterocycles. The van der Waals surface area contributed by atoms with Crippen molar-refractivity contribution in [2.24, 2.45) is 5.41 Å². The average Bonchev–Trinajstić information content (AvgIpc) is 2.52. The maximum absolute atomic E-state index is 12.3. The van der Waals surface area contributed by atoms with E-state index >= 15 is 0 Å². The van der Waals surface area contributed by atoms with E-state index in [0.29, 0.717) is 17.6 Å². The topological polar surface area (TPSA) is 70.0 Å². The highest BCUT2D eigenvalue weighted by Gasteiger charge is 2.38. The lowest BCUT2D eigenvalue weighted by atomic mass is 9.77. The minimum Gasteiger partial charge on any atom is -0.465 e. The quantitative estimate of drug-likeness (QED) is 0.836. The van der Waals surface area contributed by atoms with E-state index in [2.05, 4.69) is 4.74 Å². The first-order valence-corrected chi connectivity index (χ1v) is 8.10. The monoisotopic (exact) mass is 373 g/mol. The van der Waals surface area contributed by atoms with Crippen molar-refractivity contribution in [3.63, 3.8) is 0 Å². The molecule has 1 atom stereocenters. The van der Waals surface area contributed by atoms with Crippen LogP contribution >= 0.6 is 0 Å². The zero-order valence-electron chi connectivity index (χ0n) is 14.8. The van der Waals surface area contributed by atoms with Crippen molar-refractivity contribution >= 4 is 11.7 Å². The molecule has 1 heterocycles. The van der Waals surface area contributed by atoms with Crippen LogP contribution in [0.1, 0.15) is 32.8 Å². The third-order valence-corrected chi connectivity index (χ3v) is 4.43. The van der Waals surface area contributed by atoms with Crippen LogP contribution in [-0.2, 0) is 0 Å². The zero-order valence-corrected chi connectivity index (χ0v) is 14.8. The van der Waals surface area contributed by atoms with Gasteiger partial charge in [0, 0.05) is 12.6 Å². The molecule has 1 aliphatic rings. The first-order chi connectivity index (χ1) is 11.9. The van der Waals surface area contributed by atoms with Crippen molar-refractivity contribution in [2.45, 2.75) is 39.6 Å². The van der Waals surface area contributed by atoms with Crippen molar-refractivity contribution in [1.82, 2.24) is 4.90 Å². The highest BCUT2D eigenvalue weighted by atomic mass is 19.4. The Morgan fingerprint density at radius 2 is 1.81 bits per heavy atom. The Hall–Kier alpha value is -2.22. The van der Waals surface area contributed by atoms with Crippen molar-refractivity contribution in [1.29, 1.82) is 0 Å². The molecule has 8 heteroatoms. The van der Waals surface area contributed by atoms with Gasteiger partial charge in [-0.1, -0.05) is 32.9 Å². The molecule has 0 aromatic heterocycles. The van der Waals surface area contributed by atoms with E-state index < -0.39 is 12.5 Å². The number of hydrogen-bond acceptors (Lipinski definition) is 3. The van der Waals surface area contributed by atoms with E-state index in [1.165, 1.54) is 29.2 Å². The van der Waals surface area contributed by atoms with Crippen molar-refractivity contribution < 1.29 is 32.9 Å². The highest BCUT2D eigenvalue weighted by molar-refractivity contribution is 5.75. The van der Waals surface area contributed by atoms with Gasteiger partial charge in [-0.05, 0) is 40.7 Å². The predicted molar refractivity (Wildman–Crippen MR) is 89.7 cm³/mol. The Morgan fingerprint density at radius 1 is 1.23 bits per heavy atom. The first kappa shape index (κ1) is 20.1. The molecule has 0 saturated carbocycles. The molecule has 1 aliphatic heterocycles. The van der Waals surface area contributed by atoms with Gasteiger partial charge in [0.15, 0.2) is 0 Å². The molecule has 2 N–H and O–H groups in total. The van der Waals surface area contributed by atoms with Crippen molar-refractivity contribution in [3.05, 3.63) is 35.4 Å². The van der Waals surface area contributed by atoms with Crippen LogP contribution in [0.4, 0.5) is 18.0 Å². The molecule has 0 radical (unpaired) electrons. The summed E-state index contributed by atoms with van der Waals surface area (Å²) in [6.07, 6.45) is -5.46. The summed E-state index contributed by atoms with van der Waals surface area (Å²) in [6, 6.07) is 5.07. The van der Waals surface area contributed by atoms with E-state index in [0.717, 1.165) is 5.57 Å². The summed E-state index contributed by atoms with van der Waals surface area (Å²) >= 11 is 0. The molecule has 2 rings (SSSR count). The molecule has 0 spiro atoms. The van der Waals surface area contributed by atoms with E-state index in [1.54, 1.807) is 0 Å². The first-order valence-electron chi connectivity index (χ1n) is 8.10. The smallest absolute Gasteiger partial charge is 0.465 e. The van der Waals surface area contributed by atoms with E-state index in [1.807, 2.05) is 20.8 Å². The molecule has 144 valence electrons. The molecule has 1 aromatic rings. The second-order valence-electron chi connectivity index (χ2n) is 7.31. The van der Waals surface area contributed by atoms with E-state index in [-0.39, 0.29) is 30.4 Å². The molecular formula is C18H22F3NO4. The van der Waals surface area contributed by atoms with Gasteiger partial charge in [0.1, 0.15) is 5.75 Å². The number of nitrogens with zero attached hydrogens (tertiary/aromatic N) is 1. The van der Waals surface area contributed by atoms with Crippen LogP contribution in [0.15, 0.2) is 29.8 Å². The van der Waals surface area contributed by atoms with Crippen LogP contribution in [0.25, 0.3) is 5.57 Å². The fourth-order valence-electron chi connectivity index (χ4n) is 3.16. The van der Waals surface area contributed by atoms with Gasteiger partial charge in [0.25, 0.3) is 0 Å². The second kappa shape index (κ2) is 7.19. The van der Waals surface area contributed by atoms with Crippen LogP contribution in [0, 0.1) is 5.41 Å². The van der Waals surface area contributed by atoms with Crippen LogP contribution in [-0.4, -0.2) is 46.8 Å². The zero-order chi connectivity index (χ0) is 19.7. The van der Waals surface area contributed by atoms with Gasteiger partial charge in [0.2, 0.25) is 0 Å². The van der Waals surface area contributed by atoms with Gasteiger partial charge < -0.3 is 19.8 Å². The Labute approximate surface area is 149 Å². The molecule has 5 nitrogen and oxygen atoms in total. The maximum atomic E-state index is 12.3. The highest BCUT2D eigenvalue weighted by Crippen LogP contribution is 2.39. The average molecular weight is 373 g/mol. The molecule has 1 aromatic carbocycles. The SMILES string of the molecule is CC(C)(C)C1CC(c2ccc(OC(F)(F)F)cc2)=C(CO)CN1C(=O)O. The number of halogens is 3. The predicted octanol–water partition coefficient (Wildman–Crippen LogP) is 4.13. The summed E-state index contributed by atoms with van der Waals surface area (Å²) in [4.78, 5) is 12.9. The van der Waals surface area contributed by atoms with Crippen LogP contribution in [0.5, 0.6) is 5.75 Å². The standard InChI is InChI=1S/C18H22F3NO4/c1-17(2,3)15-8-14(12(10-23)9-22(15)16(24)25)11-4-6-13(7-5-11)26-18(19,20)21/h4-7,15,23H,8-10H2,1-3H3,(H,24,25). The number of aliphatic hydroxyl groups excluding tert-OH is 1.